The van der Waals surface area contributed by atoms with Crippen molar-refractivity contribution < 1.29 is 13.2 Å². The van der Waals surface area contributed by atoms with Crippen LogP contribution in [0.4, 0.5) is 13.2 Å². The molecular formula is C14H8Cl2F3N5. The molecule has 0 aliphatic carbocycles. The fraction of sp³-hybridized carbons (Fsp3) is 0.143. The summed E-state index contributed by atoms with van der Waals surface area (Å²) in [5.41, 5.74) is -0.243. The molecule has 10 heteroatoms. The van der Waals surface area contributed by atoms with Gasteiger partial charge in [0.2, 0.25) is 0 Å². The Morgan fingerprint density at radius 3 is 2.42 bits per heavy atom. The first-order valence-electron chi connectivity index (χ1n) is 6.57. The zero-order valence-electron chi connectivity index (χ0n) is 11.8. The van der Waals surface area contributed by atoms with Gasteiger partial charge in [0.1, 0.15) is 17.3 Å². The molecule has 0 radical (unpaired) electrons. The van der Waals surface area contributed by atoms with Crippen molar-refractivity contribution in [2.24, 2.45) is 0 Å². The summed E-state index contributed by atoms with van der Waals surface area (Å²) >= 11 is 11.3. The predicted octanol–water partition coefficient (Wildman–Crippen LogP) is 4.17. The first kappa shape index (κ1) is 16.7. The highest BCUT2D eigenvalue weighted by Gasteiger charge is 2.18. The van der Waals surface area contributed by atoms with Crippen LogP contribution in [0.3, 0.4) is 0 Å². The van der Waals surface area contributed by atoms with Gasteiger partial charge in [0.15, 0.2) is 11.0 Å². The molecule has 5 nitrogen and oxygen atoms in total. The average Bonchev–Trinajstić information content (AvgIpc) is 2.96. The van der Waals surface area contributed by atoms with Gasteiger partial charge < -0.3 is 4.57 Å². The lowest BCUT2D eigenvalue weighted by Crippen LogP contribution is -2.05. The minimum absolute atomic E-state index is 0.0521. The minimum Gasteiger partial charge on any atom is -0.323 e. The van der Waals surface area contributed by atoms with Gasteiger partial charge >= 0.3 is 0 Å². The number of alkyl halides is 2. The Labute approximate surface area is 144 Å². The SMILES string of the molecule is Fc1cc(-c2nc(C(F)F)cn2Cc2ncc(Cl)cn2)cnc1Cl. The minimum atomic E-state index is -2.78. The van der Waals surface area contributed by atoms with Crippen LogP contribution in [0.25, 0.3) is 11.4 Å². The summed E-state index contributed by atoms with van der Waals surface area (Å²) in [6.45, 7) is 0.0521. The van der Waals surface area contributed by atoms with Crippen molar-refractivity contribution in [3.8, 4) is 11.4 Å². The van der Waals surface area contributed by atoms with Crippen LogP contribution in [0.5, 0.6) is 0 Å². The molecule has 0 atom stereocenters. The molecule has 0 aliphatic heterocycles. The van der Waals surface area contributed by atoms with Gasteiger partial charge in [-0.2, -0.15) is 0 Å². The van der Waals surface area contributed by atoms with Gasteiger partial charge in [0, 0.05) is 30.4 Å². The van der Waals surface area contributed by atoms with E-state index >= 15 is 0 Å². The Morgan fingerprint density at radius 2 is 1.79 bits per heavy atom. The second kappa shape index (κ2) is 6.74. The van der Waals surface area contributed by atoms with Crippen molar-refractivity contribution >= 4 is 23.2 Å². The van der Waals surface area contributed by atoms with Crippen LogP contribution in [0, 0.1) is 5.82 Å². The molecule has 0 unspecified atom stereocenters. The summed E-state index contributed by atoms with van der Waals surface area (Å²) in [5.74, 6) is -0.335. The number of nitrogens with zero attached hydrogens (tertiary/aromatic N) is 5. The number of halogens is 5. The monoisotopic (exact) mass is 373 g/mol. The van der Waals surface area contributed by atoms with E-state index in [0.29, 0.717) is 10.8 Å². The molecule has 3 heterocycles. The second-order valence-electron chi connectivity index (χ2n) is 4.73. The fourth-order valence-electron chi connectivity index (χ4n) is 2.01. The Morgan fingerprint density at radius 1 is 1.08 bits per heavy atom. The first-order chi connectivity index (χ1) is 11.4. The largest absolute Gasteiger partial charge is 0.323 e. The lowest BCUT2D eigenvalue weighted by Gasteiger charge is -2.07. The molecule has 0 fully saturated rings. The van der Waals surface area contributed by atoms with Crippen molar-refractivity contribution in [1.82, 2.24) is 24.5 Å². The molecule has 24 heavy (non-hydrogen) atoms. The molecule has 124 valence electrons. The maximum atomic E-state index is 13.6. The lowest BCUT2D eigenvalue weighted by atomic mass is 10.2. The molecule has 3 rings (SSSR count). The van der Waals surface area contributed by atoms with Crippen LogP contribution in [0.2, 0.25) is 10.2 Å². The molecular weight excluding hydrogens is 366 g/mol. The molecule has 0 aromatic carbocycles. The second-order valence-corrected chi connectivity index (χ2v) is 5.53. The molecule has 3 aromatic heterocycles. The highest BCUT2D eigenvalue weighted by atomic mass is 35.5. The van der Waals surface area contributed by atoms with Crippen LogP contribution in [-0.4, -0.2) is 24.5 Å². The van der Waals surface area contributed by atoms with Gasteiger partial charge in [-0.15, -0.1) is 0 Å². The molecule has 3 aromatic rings. The number of hydrogen-bond acceptors (Lipinski definition) is 4. The Hall–Kier alpha value is -2.19. The Kier molecular flexibility index (Phi) is 4.68. The normalized spacial score (nSPS) is 11.2. The summed E-state index contributed by atoms with van der Waals surface area (Å²) in [6, 6.07) is 1.08. The summed E-state index contributed by atoms with van der Waals surface area (Å²) in [5, 5.41) is 0.0359. The van der Waals surface area contributed by atoms with Gasteiger partial charge in [-0.05, 0) is 6.07 Å². The van der Waals surface area contributed by atoms with Gasteiger partial charge in [-0.3, -0.25) is 0 Å². The van der Waals surface area contributed by atoms with E-state index in [9.17, 15) is 13.2 Å². The topological polar surface area (TPSA) is 56.5 Å². The quantitative estimate of drug-likeness (QED) is 0.644. The Bertz CT molecular complexity index is 867. The molecule has 0 N–H and O–H groups in total. The van der Waals surface area contributed by atoms with Gasteiger partial charge in [0.05, 0.1) is 11.6 Å². The number of aromatic nitrogens is 5. The first-order valence-corrected chi connectivity index (χ1v) is 7.32. The smallest absolute Gasteiger partial charge is 0.281 e. The third-order valence-corrected chi connectivity index (χ3v) is 3.53. The zero-order valence-corrected chi connectivity index (χ0v) is 13.3. The lowest BCUT2D eigenvalue weighted by molar-refractivity contribution is 0.146. The van der Waals surface area contributed by atoms with Gasteiger partial charge in [-0.1, -0.05) is 23.2 Å². The van der Waals surface area contributed by atoms with E-state index in [1.165, 1.54) is 23.2 Å². The average molecular weight is 374 g/mol. The summed E-state index contributed by atoms with van der Waals surface area (Å²) < 4.78 is 41.0. The van der Waals surface area contributed by atoms with E-state index in [4.69, 9.17) is 23.2 Å². The van der Waals surface area contributed by atoms with Crippen LogP contribution in [-0.2, 0) is 6.54 Å². The van der Waals surface area contributed by atoms with E-state index in [1.807, 2.05) is 0 Å². The highest BCUT2D eigenvalue weighted by Crippen LogP contribution is 2.26. The van der Waals surface area contributed by atoms with Gasteiger partial charge in [-0.25, -0.2) is 33.1 Å². The molecule has 0 saturated carbocycles. The van der Waals surface area contributed by atoms with E-state index < -0.39 is 17.9 Å². The molecule has 0 amide bonds. The van der Waals surface area contributed by atoms with Crippen LogP contribution < -0.4 is 0 Å². The maximum absolute atomic E-state index is 13.6. The van der Waals surface area contributed by atoms with E-state index in [-0.39, 0.29) is 23.1 Å². The summed E-state index contributed by atoms with van der Waals surface area (Å²) in [6.07, 6.45) is 2.41. The van der Waals surface area contributed by atoms with Crippen molar-refractivity contribution in [1.29, 1.82) is 0 Å². The third-order valence-electron chi connectivity index (χ3n) is 3.06. The fourth-order valence-corrected chi connectivity index (χ4v) is 2.21. The van der Waals surface area contributed by atoms with Crippen molar-refractivity contribution in [2.45, 2.75) is 13.0 Å². The number of imidazole rings is 1. The maximum Gasteiger partial charge on any atom is 0.281 e. The summed E-state index contributed by atoms with van der Waals surface area (Å²) in [4.78, 5) is 15.5. The van der Waals surface area contributed by atoms with Crippen molar-refractivity contribution in [3.05, 3.63) is 58.4 Å². The number of rotatable bonds is 4. The van der Waals surface area contributed by atoms with E-state index in [2.05, 4.69) is 19.9 Å². The number of pyridine rings is 1. The Balaban J connectivity index is 2.03. The van der Waals surface area contributed by atoms with Crippen LogP contribution >= 0.6 is 23.2 Å². The zero-order chi connectivity index (χ0) is 17.3. The number of hydrogen-bond donors (Lipinski definition) is 0. The van der Waals surface area contributed by atoms with Crippen molar-refractivity contribution in [2.75, 3.05) is 0 Å². The van der Waals surface area contributed by atoms with E-state index in [0.717, 1.165) is 12.3 Å². The predicted molar refractivity (Wildman–Crippen MR) is 81.5 cm³/mol. The summed E-state index contributed by atoms with van der Waals surface area (Å²) in [7, 11) is 0. The van der Waals surface area contributed by atoms with Crippen LogP contribution in [0.15, 0.2) is 30.9 Å². The van der Waals surface area contributed by atoms with Gasteiger partial charge in [0.25, 0.3) is 6.43 Å². The standard InChI is InChI=1S/C14H8Cl2F3N5/c15-8-3-20-11(21-4-8)6-24-5-10(13(18)19)23-14(24)7-1-9(17)12(16)22-2-7/h1-5,13H,6H2. The van der Waals surface area contributed by atoms with Crippen molar-refractivity contribution in [3.63, 3.8) is 0 Å². The molecule has 0 spiro atoms. The molecule has 0 aliphatic rings. The third kappa shape index (κ3) is 3.49. The van der Waals surface area contributed by atoms with E-state index in [1.54, 1.807) is 0 Å². The molecule has 0 bridgehead atoms. The highest BCUT2D eigenvalue weighted by molar-refractivity contribution is 6.30. The van der Waals surface area contributed by atoms with Crippen LogP contribution in [0.1, 0.15) is 17.9 Å². The molecule has 0 saturated heterocycles.